The van der Waals surface area contributed by atoms with Gasteiger partial charge in [-0.25, -0.2) is 0 Å². The number of hydrogen-bond donors (Lipinski definition) is 2. The molecule has 1 unspecified atom stereocenters. The summed E-state index contributed by atoms with van der Waals surface area (Å²) in [6.07, 6.45) is 4.07. The summed E-state index contributed by atoms with van der Waals surface area (Å²) in [5.74, 6) is -0.0646. The molecule has 0 saturated heterocycles. The fraction of sp³-hybridized carbons (Fsp3) is 0.421. The first-order valence-electron chi connectivity index (χ1n) is 8.32. The fourth-order valence-electron chi connectivity index (χ4n) is 3.38. The van der Waals surface area contributed by atoms with E-state index in [1.165, 1.54) is 17.7 Å². The lowest BCUT2D eigenvalue weighted by Gasteiger charge is -2.28. The van der Waals surface area contributed by atoms with Crippen molar-refractivity contribution < 1.29 is 9.90 Å². The highest BCUT2D eigenvalue weighted by Crippen LogP contribution is 2.44. The topological polar surface area (TPSA) is 49.3 Å². The third-order valence-electron chi connectivity index (χ3n) is 4.82. The Labute approximate surface area is 151 Å². The zero-order valence-corrected chi connectivity index (χ0v) is 15.3. The second-order valence-electron chi connectivity index (χ2n) is 6.55. The van der Waals surface area contributed by atoms with Gasteiger partial charge in [-0.05, 0) is 56.2 Å². The maximum atomic E-state index is 12.4. The predicted molar refractivity (Wildman–Crippen MR) is 98.9 cm³/mol. The molecular weight excluding hydrogens is 342 g/mol. The Morgan fingerprint density at radius 2 is 1.92 bits per heavy atom. The van der Waals surface area contributed by atoms with E-state index in [4.69, 9.17) is 11.6 Å². The molecule has 2 N–H and O–H groups in total. The van der Waals surface area contributed by atoms with Crippen LogP contribution in [0.5, 0.6) is 0 Å². The number of amides is 1. The third-order valence-corrected chi connectivity index (χ3v) is 6.57. The van der Waals surface area contributed by atoms with Crippen LogP contribution < -0.4 is 5.32 Å². The lowest BCUT2D eigenvalue weighted by atomic mass is 9.84. The van der Waals surface area contributed by atoms with Crippen LogP contribution in [0.25, 0.3) is 0 Å². The molecule has 1 fully saturated rings. The number of halogens is 1. The molecular formula is C19H22ClNO2S. The first-order valence-corrected chi connectivity index (χ1v) is 9.52. The Morgan fingerprint density at radius 3 is 2.50 bits per heavy atom. The normalized spacial score (nSPS) is 17.6. The lowest BCUT2D eigenvalue weighted by Crippen LogP contribution is -2.38. The molecule has 5 heteroatoms. The van der Waals surface area contributed by atoms with Crippen LogP contribution in [0, 0.1) is 0 Å². The average Bonchev–Trinajstić information content (AvgIpc) is 3.23. The number of rotatable bonds is 5. The van der Waals surface area contributed by atoms with Gasteiger partial charge in [0, 0.05) is 32.3 Å². The summed E-state index contributed by atoms with van der Waals surface area (Å²) in [5.41, 5.74) is 0.628. The molecule has 0 aliphatic heterocycles. The van der Waals surface area contributed by atoms with Gasteiger partial charge in [0.25, 0.3) is 5.91 Å². The number of carbonyl (C=O) groups is 1. The van der Waals surface area contributed by atoms with Crippen LogP contribution in [0.2, 0.25) is 5.02 Å². The second kappa shape index (κ2) is 7.26. The molecule has 1 atom stereocenters. The van der Waals surface area contributed by atoms with Crippen molar-refractivity contribution in [3.05, 3.63) is 56.7 Å². The molecule has 128 valence electrons. The molecule has 2 aromatic rings. The summed E-state index contributed by atoms with van der Waals surface area (Å²) in [7, 11) is 0. The highest BCUT2D eigenvalue weighted by molar-refractivity contribution is 7.12. The van der Waals surface area contributed by atoms with Gasteiger partial charge in [-0.3, -0.25) is 4.79 Å². The maximum absolute atomic E-state index is 12.4. The van der Waals surface area contributed by atoms with Crippen LogP contribution in [0.1, 0.15) is 58.8 Å². The summed E-state index contributed by atoms with van der Waals surface area (Å²) >= 11 is 7.54. The van der Waals surface area contributed by atoms with Gasteiger partial charge in [0.15, 0.2) is 0 Å². The van der Waals surface area contributed by atoms with E-state index in [2.05, 4.69) is 11.4 Å². The number of benzene rings is 1. The highest BCUT2D eigenvalue weighted by Gasteiger charge is 2.37. The van der Waals surface area contributed by atoms with Gasteiger partial charge in [0.05, 0.1) is 6.10 Å². The van der Waals surface area contributed by atoms with Crippen LogP contribution in [0.4, 0.5) is 0 Å². The van der Waals surface area contributed by atoms with Crippen molar-refractivity contribution in [3.8, 4) is 0 Å². The molecule has 3 nitrogen and oxygen atoms in total. The summed E-state index contributed by atoms with van der Waals surface area (Å²) in [4.78, 5) is 14.7. The van der Waals surface area contributed by atoms with Crippen molar-refractivity contribution in [3.63, 3.8) is 0 Å². The minimum Gasteiger partial charge on any atom is -0.388 e. The smallest absolute Gasteiger partial charge is 0.251 e. The number of hydrogen-bond acceptors (Lipinski definition) is 3. The molecule has 1 amide bonds. The van der Waals surface area contributed by atoms with Crippen LogP contribution in [0.15, 0.2) is 36.4 Å². The fourth-order valence-corrected chi connectivity index (χ4v) is 4.69. The predicted octanol–water partition coefficient (Wildman–Crippen LogP) is 4.70. The van der Waals surface area contributed by atoms with E-state index in [9.17, 15) is 9.90 Å². The molecule has 1 saturated carbocycles. The standard InChI is InChI=1S/C19H22ClNO2S/c1-13(22)16-8-9-17(24-16)19(10-2-3-11-19)12-21-18(23)14-4-6-15(20)7-5-14/h4-9,13,22H,2-3,10-12H2,1H3,(H,21,23). The van der Waals surface area contributed by atoms with Crippen LogP contribution >= 0.6 is 22.9 Å². The van der Waals surface area contributed by atoms with Crippen LogP contribution in [-0.2, 0) is 5.41 Å². The van der Waals surface area contributed by atoms with Crippen molar-refractivity contribution in [1.29, 1.82) is 0 Å². The molecule has 1 aromatic heterocycles. The first kappa shape index (κ1) is 17.5. The van der Waals surface area contributed by atoms with Gasteiger partial charge in [-0.1, -0.05) is 24.4 Å². The van der Waals surface area contributed by atoms with Gasteiger partial charge < -0.3 is 10.4 Å². The van der Waals surface area contributed by atoms with Gasteiger partial charge in [-0.15, -0.1) is 11.3 Å². The molecule has 0 bridgehead atoms. The number of nitrogens with one attached hydrogen (secondary N) is 1. The summed E-state index contributed by atoms with van der Waals surface area (Å²) < 4.78 is 0. The Hall–Kier alpha value is -1.36. The van der Waals surface area contributed by atoms with E-state index in [0.29, 0.717) is 17.1 Å². The Bertz CT molecular complexity index is 702. The van der Waals surface area contributed by atoms with E-state index in [1.807, 2.05) is 6.07 Å². The van der Waals surface area contributed by atoms with E-state index >= 15 is 0 Å². The maximum Gasteiger partial charge on any atom is 0.251 e. The quantitative estimate of drug-likeness (QED) is 0.809. The van der Waals surface area contributed by atoms with Gasteiger partial charge in [0.2, 0.25) is 0 Å². The molecule has 1 aromatic carbocycles. The van der Waals surface area contributed by atoms with Crippen molar-refractivity contribution >= 4 is 28.8 Å². The average molecular weight is 364 g/mol. The van der Waals surface area contributed by atoms with Crippen LogP contribution in [0.3, 0.4) is 0 Å². The Balaban J connectivity index is 1.74. The number of aliphatic hydroxyl groups excluding tert-OH is 1. The zero-order chi connectivity index (χ0) is 17.2. The minimum absolute atomic E-state index is 0.000107. The number of carbonyl (C=O) groups excluding carboxylic acids is 1. The lowest BCUT2D eigenvalue weighted by molar-refractivity contribution is 0.0943. The van der Waals surface area contributed by atoms with Crippen molar-refractivity contribution in [2.75, 3.05) is 6.54 Å². The molecule has 1 aliphatic carbocycles. The largest absolute Gasteiger partial charge is 0.388 e. The van der Waals surface area contributed by atoms with Crippen LogP contribution in [-0.4, -0.2) is 17.6 Å². The molecule has 3 rings (SSSR count). The first-order chi connectivity index (χ1) is 11.5. The summed E-state index contributed by atoms with van der Waals surface area (Å²) in [5, 5.41) is 13.5. The van der Waals surface area contributed by atoms with E-state index in [0.717, 1.165) is 17.7 Å². The summed E-state index contributed by atoms with van der Waals surface area (Å²) in [6.45, 7) is 2.42. The highest BCUT2D eigenvalue weighted by atomic mass is 35.5. The summed E-state index contributed by atoms with van der Waals surface area (Å²) in [6, 6.07) is 11.1. The van der Waals surface area contributed by atoms with Crippen molar-refractivity contribution in [2.24, 2.45) is 0 Å². The molecule has 1 heterocycles. The molecule has 24 heavy (non-hydrogen) atoms. The minimum atomic E-state index is -0.439. The number of thiophene rings is 1. The van der Waals surface area contributed by atoms with Gasteiger partial charge in [-0.2, -0.15) is 0 Å². The number of aliphatic hydroxyl groups is 1. The second-order valence-corrected chi connectivity index (χ2v) is 8.11. The van der Waals surface area contributed by atoms with Crippen molar-refractivity contribution in [2.45, 2.75) is 44.1 Å². The SMILES string of the molecule is CC(O)c1ccc(C2(CNC(=O)c3ccc(Cl)cc3)CCCC2)s1. The monoisotopic (exact) mass is 363 g/mol. The molecule has 1 aliphatic rings. The third kappa shape index (κ3) is 3.66. The van der Waals surface area contributed by atoms with E-state index in [-0.39, 0.29) is 11.3 Å². The Morgan fingerprint density at radius 1 is 1.25 bits per heavy atom. The zero-order valence-electron chi connectivity index (χ0n) is 13.7. The molecule has 0 spiro atoms. The Kier molecular flexibility index (Phi) is 5.28. The van der Waals surface area contributed by atoms with E-state index in [1.54, 1.807) is 42.5 Å². The van der Waals surface area contributed by atoms with Gasteiger partial charge in [0.1, 0.15) is 0 Å². The van der Waals surface area contributed by atoms with Crippen molar-refractivity contribution in [1.82, 2.24) is 5.32 Å². The van der Waals surface area contributed by atoms with Gasteiger partial charge >= 0.3 is 0 Å². The molecule has 0 radical (unpaired) electrons. The van der Waals surface area contributed by atoms with E-state index < -0.39 is 6.10 Å².